The van der Waals surface area contributed by atoms with Gasteiger partial charge in [-0.1, -0.05) is 68.3 Å². The van der Waals surface area contributed by atoms with E-state index in [1.807, 2.05) is 0 Å². The smallest absolute Gasteiger partial charge is 0.0669 e. The van der Waals surface area contributed by atoms with Gasteiger partial charge in [0.2, 0.25) is 0 Å². The van der Waals surface area contributed by atoms with Crippen LogP contribution in [0.25, 0.3) is 11.1 Å². The monoisotopic (exact) mass is 317 g/mol. The number of benzene rings is 2. The third kappa shape index (κ3) is 4.06. The minimum atomic E-state index is 0.486. The van der Waals surface area contributed by atoms with Gasteiger partial charge in [-0.3, -0.25) is 0 Å². The molecule has 1 aliphatic carbocycles. The van der Waals surface area contributed by atoms with Gasteiger partial charge in [-0.25, -0.2) is 0 Å². The van der Waals surface area contributed by atoms with Crippen molar-refractivity contribution in [3.63, 3.8) is 0 Å². The van der Waals surface area contributed by atoms with Crippen LogP contribution >= 0.6 is 0 Å². The van der Waals surface area contributed by atoms with Gasteiger partial charge in [-0.15, -0.1) is 0 Å². The topological polar surface area (TPSA) is 23.8 Å². The maximum Gasteiger partial charge on any atom is 0.0669 e. The Bertz CT molecular complexity index is 667. The molecule has 0 heterocycles. The molecule has 2 aromatic carbocycles. The molecule has 3 rings (SSSR count). The molecule has 1 saturated carbocycles. The SMILES string of the molecule is CCCC1CCC(c2ccc(-c3ccc(CC#N)cc3)cc2)CC1. The Balaban J connectivity index is 1.64. The van der Waals surface area contributed by atoms with Crippen LogP contribution in [0.1, 0.15) is 62.5 Å². The summed E-state index contributed by atoms with van der Waals surface area (Å²) in [5.74, 6) is 1.72. The highest BCUT2D eigenvalue weighted by molar-refractivity contribution is 5.64. The summed E-state index contributed by atoms with van der Waals surface area (Å²) in [6.07, 6.45) is 8.74. The van der Waals surface area contributed by atoms with Gasteiger partial charge in [0.1, 0.15) is 0 Å². The molecule has 1 aliphatic rings. The van der Waals surface area contributed by atoms with Crippen molar-refractivity contribution in [3.05, 3.63) is 59.7 Å². The maximum absolute atomic E-state index is 8.76. The Kier molecular flexibility index (Phi) is 5.70. The number of nitrogens with zero attached hydrogens (tertiary/aromatic N) is 1. The molecule has 0 spiro atoms. The van der Waals surface area contributed by atoms with E-state index in [-0.39, 0.29) is 0 Å². The van der Waals surface area contributed by atoms with Crippen LogP contribution in [0.4, 0.5) is 0 Å². The van der Waals surface area contributed by atoms with E-state index in [0.717, 1.165) is 17.4 Å². The van der Waals surface area contributed by atoms with Crippen LogP contribution in [0.15, 0.2) is 48.5 Å². The molecule has 1 nitrogen and oxygen atoms in total. The van der Waals surface area contributed by atoms with Crippen molar-refractivity contribution in [1.29, 1.82) is 5.26 Å². The van der Waals surface area contributed by atoms with Gasteiger partial charge in [0.25, 0.3) is 0 Å². The maximum atomic E-state index is 8.76. The average Bonchev–Trinajstić information content (AvgIpc) is 2.64. The number of hydrogen-bond donors (Lipinski definition) is 0. The zero-order valence-corrected chi connectivity index (χ0v) is 14.7. The summed E-state index contributed by atoms with van der Waals surface area (Å²) in [7, 11) is 0. The Labute approximate surface area is 146 Å². The normalized spacial score (nSPS) is 20.5. The lowest BCUT2D eigenvalue weighted by Crippen LogP contribution is -2.13. The third-order valence-electron chi connectivity index (χ3n) is 5.50. The van der Waals surface area contributed by atoms with Gasteiger partial charge in [-0.2, -0.15) is 5.26 Å². The highest BCUT2D eigenvalue weighted by Gasteiger charge is 2.21. The molecule has 0 bridgehead atoms. The minimum absolute atomic E-state index is 0.486. The van der Waals surface area contributed by atoms with Crippen LogP contribution in [0.5, 0.6) is 0 Å². The summed E-state index contributed by atoms with van der Waals surface area (Å²) >= 11 is 0. The summed E-state index contributed by atoms with van der Waals surface area (Å²) in [6, 6.07) is 19.7. The summed E-state index contributed by atoms with van der Waals surface area (Å²) in [5.41, 5.74) is 5.09. The first-order valence-electron chi connectivity index (χ1n) is 9.36. The van der Waals surface area contributed by atoms with Crippen LogP contribution in [-0.2, 0) is 6.42 Å². The van der Waals surface area contributed by atoms with E-state index in [2.05, 4.69) is 61.5 Å². The van der Waals surface area contributed by atoms with Crippen LogP contribution in [-0.4, -0.2) is 0 Å². The molecule has 0 radical (unpaired) electrons. The molecule has 0 aromatic heterocycles. The molecule has 0 aliphatic heterocycles. The van der Waals surface area contributed by atoms with Crippen molar-refractivity contribution in [3.8, 4) is 17.2 Å². The third-order valence-corrected chi connectivity index (χ3v) is 5.50. The molecule has 0 unspecified atom stereocenters. The Morgan fingerprint density at radius 3 is 2.00 bits per heavy atom. The summed E-state index contributed by atoms with van der Waals surface area (Å²) < 4.78 is 0. The predicted octanol–water partition coefficient (Wildman–Crippen LogP) is 6.49. The number of rotatable bonds is 5. The Morgan fingerprint density at radius 2 is 1.46 bits per heavy atom. The van der Waals surface area contributed by atoms with Crippen LogP contribution < -0.4 is 0 Å². The second-order valence-electron chi connectivity index (χ2n) is 7.16. The predicted molar refractivity (Wildman–Crippen MR) is 101 cm³/mol. The molecule has 0 N–H and O–H groups in total. The first-order valence-corrected chi connectivity index (χ1v) is 9.36. The van der Waals surface area contributed by atoms with E-state index in [4.69, 9.17) is 5.26 Å². The molecule has 1 heteroatoms. The van der Waals surface area contributed by atoms with Crippen molar-refractivity contribution in [2.45, 2.75) is 57.8 Å². The quantitative estimate of drug-likeness (QED) is 0.618. The van der Waals surface area contributed by atoms with E-state index in [9.17, 15) is 0 Å². The molecule has 0 amide bonds. The second kappa shape index (κ2) is 8.15. The van der Waals surface area contributed by atoms with Gasteiger partial charge in [0.05, 0.1) is 12.5 Å². The standard InChI is InChI=1S/C23H27N/c1-2-3-18-4-8-20(9-5-18)22-12-14-23(15-13-22)21-10-6-19(7-11-21)16-17-24/h6-7,10-15,18,20H,2-5,8-9,16H2,1H3. The van der Waals surface area contributed by atoms with Crippen LogP contribution in [0.3, 0.4) is 0 Å². The van der Waals surface area contributed by atoms with Crippen molar-refractivity contribution < 1.29 is 0 Å². The van der Waals surface area contributed by atoms with E-state index in [1.165, 1.54) is 55.2 Å². The van der Waals surface area contributed by atoms with Gasteiger partial charge in [0, 0.05) is 0 Å². The summed E-state index contributed by atoms with van der Waals surface area (Å²) in [6.45, 7) is 2.30. The van der Waals surface area contributed by atoms with Crippen molar-refractivity contribution >= 4 is 0 Å². The van der Waals surface area contributed by atoms with Crippen LogP contribution in [0, 0.1) is 17.2 Å². The van der Waals surface area contributed by atoms with E-state index < -0.39 is 0 Å². The fourth-order valence-corrected chi connectivity index (χ4v) is 4.05. The number of hydrogen-bond acceptors (Lipinski definition) is 1. The second-order valence-corrected chi connectivity index (χ2v) is 7.16. The lowest BCUT2D eigenvalue weighted by atomic mass is 9.77. The molecule has 0 atom stereocenters. The fourth-order valence-electron chi connectivity index (χ4n) is 4.05. The molecular weight excluding hydrogens is 290 g/mol. The van der Waals surface area contributed by atoms with Gasteiger partial charge >= 0.3 is 0 Å². The highest BCUT2D eigenvalue weighted by Crippen LogP contribution is 2.38. The van der Waals surface area contributed by atoms with Crippen LogP contribution in [0.2, 0.25) is 0 Å². The Hall–Kier alpha value is -2.07. The molecule has 124 valence electrons. The lowest BCUT2D eigenvalue weighted by molar-refractivity contribution is 0.308. The first kappa shape index (κ1) is 16.8. The Morgan fingerprint density at radius 1 is 0.875 bits per heavy atom. The van der Waals surface area contributed by atoms with E-state index in [1.54, 1.807) is 0 Å². The van der Waals surface area contributed by atoms with Crippen molar-refractivity contribution in [2.75, 3.05) is 0 Å². The van der Waals surface area contributed by atoms with Gasteiger partial charge < -0.3 is 0 Å². The summed E-state index contributed by atoms with van der Waals surface area (Å²) in [5, 5.41) is 8.76. The van der Waals surface area contributed by atoms with Gasteiger partial charge in [0.15, 0.2) is 0 Å². The number of nitriles is 1. The summed E-state index contributed by atoms with van der Waals surface area (Å²) in [4.78, 5) is 0. The van der Waals surface area contributed by atoms with Gasteiger partial charge in [-0.05, 0) is 59.8 Å². The average molecular weight is 317 g/mol. The van der Waals surface area contributed by atoms with E-state index >= 15 is 0 Å². The highest BCUT2D eigenvalue weighted by atomic mass is 14.3. The largest absolute Gasteiger partial charge is 0.198 e. The molecule has 1 fully saturated rings. The molecular formula is C23H27N. The zero-order chi connectivity index (χ0) is 16.8. The van der Waals surface area contributed by atoms with Crippen molar-refractivity contribution in [2.24, 2.45) is 5.92 Å². The molecule has 24 heavy (non-hydrogen) atoms. The lowest BCUT2D eigenvalue weighted by Gasteiger charge is -2.28. The minimum Gasteiger partial charge on any atom is -0.198 e. The van der Waals surface area contributed by atoms with Crippen molar-refractivity contribution in [1.82, 2.24) is 0 Å². The molecule has 2 aromatic rings. The fraction of sp³-hybridized carbons (Fsp3) is 0.435. The van der Waals surface area contributed by atoms with E-state index in [0.29, 0.717) is 6.42 Å². The first-order chi connectivity index (χ1) is 11.8. The molecule has 0 saturated heterocycles. The zero-order valence-electron chi connectivity index (χ0n) is 14.7.